The van der Waals surface area contributed by atoms with Gasteiger partial charge in [-0.05, 0) is 32.9 Å². The van der Waals surface area contributed by atoms with E-state index in [4.69, 9.17) is 0 Å². The lowest BCUT2D eigenvalue weighted by atomic mass is 10.1. The minimum absolute atomic E-state index is 0.135. The first-order chi connectivity index (χ1) is 9.84. The van der Waals surface area contributed by atoms with Crippen LogP contribution in [0.2, 0.25) is 0 Å². The number of sulfone groups is 1. The van der Waals surface area contributed by atoms with E-state index in [2.05, 4.69) is 5.32 Å². The third kappa shape index (κ3) is 3.27. The fraction of sp³-hybridized carbons (Fsp3) is 0.533. The molecule has 1 saturated heterocycles. The van der Waals surface area contributed by atoms with E-state index in [-0.39, 0.29) is 22.4 Å². The quantitative estimate of drug-likeness (QED) is 0.914. The lowest BCUT2D eigenvalue weighted by Gasteiger charge is -2.32. The van der Waals surface area contributed by atoms with Crippen molar-refractivity contribution in [2.24, 2.45) is 0 Å². The van der Waals surface area contributed by atoms with Crippen LogP contribution in [0.1, 0.15) is 31.1 Å². The molecule has 0 saturated carbocycles. The van der Waals surface area contributed by atoms with Gasteiger partial charge in [0.2, 0.25) is 0 Å². The van der Waals surface area contributed by atoms with Crippen LogP contribution < -0.4 is 5.32 Å². The standard InChI is InChI=1S/C15H22N2O3S/c1-11(2)21(19,20)14-7-5-4-6-13(14)15(18)17-9-8-16-12(3)10-17/h4-7,11-12,16H,8-10H2,1-3H3. The number of rotatable bonds is 3. The van der Waals surface area contributed by atoms with Crippen LogP contribution in [0.3, 0.4) is 0 Å². The number of hydrogen-bond donors (Lipinski definition) is 1. The van der Waals surface area contributed by atoms with Crippen LogP contribution in [-0.2, 0) is 9.84 Å². The van der Waals surface area contributed by atoms with E-state index in [1.807, 2.05) is 6.92 Å². The number of nitrogens with one attached hydrogen (secondary N) is 1. The van der Waals surface area contributed by atoms with E-state index in [1.165, 1.54) is 6.07 Å². The molecule has 0 aliphatic carbocycles. The molecule has 1 heterocycles. The zero-order valence-electron chi connectivity index (χ0n) is 12.7. The highest BCUT2D eigenvalue weighted by molar-refractivity contribution is 7.92. The van der Waals surface area contributed by atoms with Gasteiger partial charge in [0.15, 0.2) is 9.84 Å². The summed E-state index contributed by atoms with van der Waals surface area (Å²) in [4.78, 5) is 14.5. The summed E-state index contributed by atoms with van der Waals surface area (Å²) in [6.07, 6.45) is 0. The largest absolute Gasteiger partial charge is 0.336 e. The third-order valence-electron chi connectivity index (χ3n) is 3.70. The van der Waals surface area contributed by atoms with Crippen molar-refractivity contribution in [3.05, 3.63) is 29.8 Å². The maximum atomic E-state index is 12.7. The van der Waals surface area contributed by atoms with E-state index < -0.39 is 15.1 Å². The number of carbonyl (C=O) groups excluding carboxylic acids is 1. The molecule has 116 valence electrons. The topological polar surface area (TPSA) is 66.5 Å². The number of piperazine rings is 1. The predicted octanol–water partition coefficient (Wildman–Crippen LogP) is 1.30. The van der Waals surface area contributed by atoms with E-state index >= 15 is 0 Å². The average Bonchev–Trinajstić information content (AvgIpc) is 2.46. The SMILES string of the molecule is CC1CN(C(=O)c2ccccc2S(=O)(=O)C(C)C)CCN1. The first kappa shape index (κ1) is 16.0. The number of amides is 1. The minimum atomic E-state index is -3.47. The van der Waals surface area contributed by atoms with Crippen LogP contribution in [0.4, 0.5) is 0 Å². The second kappa shape index (κ2) is 6.15. The molecular formula is C15H22N2O3S. The first-order valence-electron chi connectivity index (χ1n) is 7.19. The van der Waals surface area contributed by atoms with Crippen LogP contribution in [0.25, 0.3) is 0 Å². The number of carbonyl (C=O) groups is 1. The van der Waals surface area contributed by atoms with E-state index in [9.17, 15) is 13.2 Å². The van der Waals surface area contributed by atoms with Gasteiger partial charge in [-0.1, -0.05) is 12.1 Å². The molecule has 1 aromatic carbocycles. The highest BCUT2D eigenvalue weighted by Gasteiger charge is 2.29. The van der Waals surface area contributed by atoms with Gasteiger partial charge in [-0.15, -0.1) is 0 Å². The van der Waals surface area contributed by atoms with Gasteiger partial charge >= 0.3 is 0 Å². The van der Waals surface area contributed by atoms with Gasteiger partial charge in [0, 0.05) is 25.7 Å². The molecule has 1 unspecified atom stereocenters. The number of benzene rings is 1. The predicted molar refractivity (Wildman–Crippen MR) is 82.1 cm³/mol. The van der Waals surface area contributed by atoms with Crippen molar-refractivity contribution >= 4 is 15.7 Å². The Morgan fingerprint density at radius 2 is 2.00 bits per heavy atom. The Hall–Kier alpha value is -1.40. The highest BCUT2D eigenvalue weighted by atomic mass is 32.2. The van der Waals surface area contributed by atoms with Crippen LogP contribution in [0.5, 0.6) is 0 Å². The molecule has 1 aromatic rings. The van der Waals surface area contributed by atoms with Crippen molar-refractivity contribution in [3.8, 4) is 0 Å². The maximum Gasteiger partial charge on any atom is 0.255 e. The molecule has 2 rings (SSSR count). The molecule has 5 nitrogen and oxygen atoms in total. The van der Waals surface area contributed by atoms with Gasteiger partial charge in [-0.3, -0.25) is 4.79 Å². The molecule has 21 heavy (non-hydrogen) atoms. The molecule has 1 atom stereocenters. The summed E-state index contributed by atoms with van der Waals surface area (Å²) in [6.45, 7) is 7.18. The number of nitrogens with zero attached hydrogens (tertiary/aromatic N) is 1. The fourth-order valence-electron chi connectivity index (χ4n) is 2.43. The zero-order valence-corrected chi connectivity index (χ0v) is 13.5. The van der Waals surface area contributed by atoms with Gasteiger partial charge in [0.1, 0.15) is 0 Å². The Morgan fingerprint density at radius 3 is 2.62 bits per heavy atom. The first-order valence-corrected chi connectivity index (χ1v) is 8.74. The van der Waals surface area contributed by atoms with Crippen LogP contribution in [-0.4, -0.2) is 50.2 Å². The van der Waals surface area contributed by atoms with E-state index in [0.29, 0.717) is 13.1 Å². The number of hydrogen-bond acceptors (Lipinski definition) is 4. The van der Waals surface area contributed by atoms with Crippen molar-refractivity contribution in [1.82, 2.24) is 10.2 Å². The van der Waals surface area contributed by atoms with Gasteiger partial charge in [0.25, 0.3) is 5.91 Å². The Bertz CT molecular complexity index is 626. The summed E-state index contributed by atoms with van der Waals surface area (Å²) >= 11 is 0. The van der Waals surface area contributed by atoms with Crippen molar-refractivity contribution in [3.63, 3.8) is 0 Å². The van der Waals surface area contributed by atoms with Crippen molar-refractivity contribution in [1.29, 1.82) is 0 Å². The molecule has 1 N–H and O–H groups in total. The maximum absolute atomic E-state index is 12.7. The summed E-state index contributed by atoms with van der Waals surface area (Å²) in [6, 6.07) is 6.71. The molecule has 6 heteroatoms. The molecule has 0 aromatic heterocycles. The van der Waals surface area contributed by atoms with Gasteiger partial charge in [0.05, 0.1) is 15.7 Å². The average molecular weight is 310 g/mol. The van der Waals surface area contributed by atoms with E-state index in [0.717, 1.165) is 6.54 Å². The Kier molecular flexibility index (Phi) is 4.68. The summed E-state index contributed by atoms with van der Waals surface area (Å²) in [5.74, 6) is -0.205. The van der Waals surface area contributed by atoms with Crippen LogP contribution in [0, 0.1) is 0 Å². The zero-order chi connectivity index (χ0) is 15.6. The van der Waals surface area contributed by atoms with E-state index in [1.54, 1.807) is 36.9 Å². The summed E-state index contributed by atoms with van der Waals surface area (Å²) in [5, 5.41) is 2.72. The molecule has 1 fully saturated rings. The molecular weight excluding hydrogens is 288 g/mol. The summed E-state index contributed by atoms with van der Waals surface area (Å²) in [5.41, 5.74) is 0.278. The molecule has 0 radical (unpaired) electrons. The molecule has 1 aliphatic heterocycles. The lowest BCUT2D eigenvalue weighted by Crippen LogP contribution is -2.51. The van der Waals surface area contributed by atoms with Crippen LogP contribution in [0.15, 0.2) is 29.2 Å². The second-order valence-corrected chi connectivity index (χ2v) is 8.17. The summed E-state index contributed by atoms with van der Waals surface area (Å²) < 4.78 is 24.8. The Balaban J connectivity index is 2.39. The minimum Gasteiger partial charge on any atom is -0.336 e. The fourth-order valence-corrected chi connectivity index (χ4v) is 3.67. The highest BCUT2D eigenvalue weighted by Crippen LogP contribution is 2.22. The molecule has 0 bridgehead atoms. The Labute approximate surface area is 126 Å². The van der Waals surface area contributed by atoms with Crippen molar-refractivity contribution in [2.75, 3.05) is 19.6 Å². The lowest BCUT2D eigenvalue weighted by molar-refractivity contribution is 0.0705. The molecule has 0 spiro atoms. The second-order valence-electron chi connectivity index (χ2n) is 5.70. The summed E-state index contributed by atoms with van der Waals surface area (Å²) in [7, 11) is -3.47. The van der Waals surface area contributed by atoms with Crippen LogP contribution >= 0.6 is 0 Å². The smallest absolute Gasteiger partial charge is 0.255 e. The third-order valence-corrected chi connectivity index (χ3v) is 5.91. The molecule has 1 amide bonds. The monoisotopic (exact) mass is 310 g/mol. The van der Waals surface area contributed by atoms with Gasteiger partial charge in [-0.2, -0.15) is 0 Å². The van der Waals surface area contributed by atoms with Crippen molar-refractivity contribution < 1.29 is 13.2 Å². The van der Waals surface area contributed by atoms with Gasteiger partial charge < -0.3 is 10.2 Å². The van der Waals surface area contributed by atoms with Gasteiger partial charge in [-0.25, -0.2) is 8.42 Å². The Morgan fingerprint density at radius 1 is 1.33 bits per heavy atom. The normalized spacial score (nSPS) is 19.8. The van der Waals surface area contributed by atoms with Crippen molar-refractivity contribution in [2.45, 2.75) is 37.0 Å². The molecule has 1 aliphatic rings.